The van der Waals surface area contributed by atoms with Crippen LogP contribution in [-0.2, 0) is 9.59 Å². The Kier molecular flexibility index (Phi) is 5.74. The molecule has 0 N–H and O–H groups in total. The molecule has 0 unspecified atom stereocenters. The van der Waals surface area contributed by atoms with Crippen LogP contribution >= 0.6 is 0 Å². The fourth-order valence-electron chi connectivity index (χ4n) is 9.25. The lowest BCUT2D eigenvalue weighted by Crippen LogP contribution is -2.54. The zero-order valence-electron chi connectivity index (χ0n) is 21.8. The zero-order chi connectivity index (χ0) is 23.7. The zero-order valence-corrected chi connectivity index (χ0v) is 21.8. The number of carbonyl (C=O) groups is 2. The van der Waals surface area contributed by atoms with E-state index in [0.717, 1.165) is 44.9 Å². The van der Waals surface area contributed by atoms with Crippen molar-refractivity contribution in [2.45, 2.75) is 106 Å². The summed E-state index contributed by atoms with van der Waals surface area (Å²) < 4.78 is 0. The summed E-state index contributed by atoms with van der Waals surface area (Å²) >= 11 is 0. The second-order valence-electron chi connectivity index (χ2n) is 13.5. The Labute approximate surface area is 196 Å². The van der Waals surface area contributed by atoms with Crippen molar-refractivity contribution < 1.29 is 9.59 Å². The highest BCUT2D eigenvalue weighted by Crippen LogP contribution is 2.63. The van der Waals surface area contributed by atoms with Crippen LogP contribution in [0.15, 0.2) is 23.8 Å². The summed E-state index contributed by atoms with van der Waals surface area (Å²) in [5, 5.41) is 0. The van der Waals surface area contributed by atoms with Crippen LogP contribution in [0.5, 0.6) is 0 Å². The Balaban J connectivity index is 1.60. The number of allylic oxidation sites excluding steroid dienone is 3. The standard InChI is InChI=1S/C30H46O2/c1-19-9-13-23-27(3,4)25(31)15-17-29(23,7)21(19)11-12-22-20(2)10-14-24-28(5,6)26(32)16-18-30(22,24)8/h10,21-24H,1,9,11-18H2,2-8H3/t21-,22-,23-,24-,29+,30+/m1/s1. The Hall–Kier alpha value is -1.18. The monoisotopic (exact) mass is 438 g/mol. The molecule has 0 aromatic heterocycles. The molecule has 0 spiro atoms. The first-order chi connectivity index (χ1) is 14.8. The fourth-order valence-corrected chi connectivity index (χ4v) is 9.25. The summed E-state index contributed by atoms with van der Waals surface area (Å²) in [4.78, 5) is 25.6. The number of ketones is 2. The van der Waals surface area contributed by atoms with Crippen molar-refractivity contribution in [1.82, 2.24) is 0 Å². The molecule has 0 aliphatic heterocycles. The van der Waals surface area contributed by atoms with Crippen molar-refractivity contribution in [1.29, 1.82) is 0 Å². The quantitative estimate of drug-likeness (QED) is 0.423. The molecule has 0 radical (unpaired) electrons. The van der Waals surface area contributed by atoms with Gasteiger partial charge in [-0.15, -0.1) is 0 Å². The van der Waals surface area contributed by atoms with Gasteiger partial charge in [0.15, 0.2) is 0 Å². The van der Waals surface area contributed by atoms with E-state index >= 15 is 0 Å². The lowest BCUT2D eigenvalue weighted by molar-refractivity contribution is -0.146. The Morgan fingerprint density at radius 1 is 0.812 bits per heavy atom. The van der Waals surface area contributed by atoms with Crippen molar-refractivity contribution in [3.05, 3.63) is 23.8 Å². The number of carbonyl (C=O) groups excluding carboxylic acids is 2. The molecule has 3 fully saturated rings. The number of Topliss-reactive ketones (excluding diaryl/α,β-unsaturated/α-hetero) is 2. The highest BCUT2D eigenvalue weighted by Gasteiger charge is 2.58. The molecule has 2 nitrogen and oxygen atoms in total. The van der Waals surface area contributed by atoms with E-state index in [1.165, 1.54) is 24.0 Å². The molecule has 4 aliphatic carbocycles. The maximum atomic E-state index is 12.8. The van der Waals surface area contributed by atoms with E-state index < -0.39 is 0 Å². The summed E-state index contributed by atoms with van der Waals surface area (Å²) in [7, 11) is 0. The molecule has 3 saturated carbocycles. The van der Waals surface area contributed by atoms with Gasteiger partial charge in [-0.05, 0) is 86.4 Å². The van der Waals surface area contributed by atoms with E-state index in [0.29, 0.717) is 35.2 Å². The van der Waals surface area contributed by atoms with Gasteiger partial charge in [-0.1, -0.05) is 65.3 Å². The van der Waals surface area contributed by atoms with Gasteiger partial charge in [0.1, 0.15) is 11.6 Å². The molecule has 0 amide bonds. The lowest BCUT2D eigenvalue weighted by atomic mass is 9.45. The van der Waals surface area contributed by atoms with Crippen molar-refractivity contribution in [2.24, 2.45) is 45.3 Å². The van der Waals surface area contributed by atoms with Crippen LogP contribution in [-0.4, -0.2) is 11.6 Å². The molecule has 0 saturated heterocycles. The van der Waals surface area contributed by atoms with Gasteiger partial charge in [0, 0.05) is 23.7 Å². The predicted molar refractivity (Wildman–Crippen MR) is 132 cm³/mol. The van der Waals surface area contributed by atoms with E-state index in [9.17, 15) is 9.59 Å². The van der Waals surface area contributed by atoms with Gasteiger partial charge < -0.3 is 0 Å². The lowest BCUT2D eigenvalue weighted by Gasteiger charge is -2.58. The van der Waals surface area contributed by atoms with Gasteiger partial charge in [-0.2, -0.15) is 0 Å². The third kappa shape index (κ3) is 3.33. The van der Waals surface area contributed by atoms with Gasteiger partial charge in [0.05, 0.1) is 0 Å². The van der Waals surface area contributed by atoms with Crippen molar-refractivity contribution in [3.8, 4) is 0 Å². The van der Waals surface area contributed by atoms with Crippen LogP contribution < -0.4 is 0 Å². The van der Waals surface area contributed by atoms with Crippen LogP contribution in [0.1, 0.15) is 106 Å². The average Bonchev–Trinajstić information content (AvgIpc) is 2.69. The molecule has 178 valence electrons. The summed E-state index contributed by atoms with van der Waals surface area (Å²) in [5.74, 6) is 2.87. The average molecular weight is 439 g/mol. The normalized spacial score (nSPS) is 43.3. The number of hydrogen-bond donors (Lipinski definition) is 0. The SMILES string of the molecule is C=C1CC[C@@H]2C(C)(C)C(=O)CC[C@@]2(C)[C@@H]1CC[C@@H]1C(C)=CC[C@@H]2C(C)(C)C(=O)CC[C@@]12C. The maximum absolute atomic E-state index is 12.8. The second-order valence-corrected chi connectivity index (χ2v) is 13.5. The molecule has 0 aromatic carbocycles. The molecule has 4 rings (SSSR count). The first-order valence-electron chi connectivity index (χ1n) is 13.2. The molecular formula is C30H46O2. The van der Waals surface area contributed by atoms with Gasteiger partial charge in [-0.3, -0.25) is 9.59 Å². The largest absolute Gasteiger partial charge is 0.299 e. The smallest absolute Gasteiger partial charge is 0.138 e. The third-order valence-electron chi connectivity index (χ3n) is 11.4. The Bertz CT molecular complexity index is 858. The summed E-state index contributed by atoms with van der Waals surface area (Å²) in [6.45, 7) is 20.6. The van der Waals surface area contributed by atoms with Crippen LogP contribution in [0.2, 0.25) is 0 Å². The first kappa shape index (κ1) is 24.0. The predicted octanol–water partition coefficient (Wildman–Crippen LogP) is 7.72. The highest BCUT2D eigenvalue weighted by atomic mass is 16.1. The Morgan fingerprint density at radius 3 is 1.91 bits per heavy atom. The molecule has 2 heteroatoms. The highest BCUT2D eigenvalue weighted by molar-refractivity contribution is 5.86. The van der Waals surface area contributed by atoms with Crippen molar-refractivity contribution in [3.63, 3.8) is 0 Å². The van der Waals surface area contributed by atoms with Gasteiger partial charge >= 0.3 is 0 Å². The molecule has 0 aromatic rings. The molecular weight excluding hydrogens is 392 g/mol. The van der Waals surface area contributed by atoms with Gasteiger partial charge in [-0.25, -0.2) is 0 Å². The maximum Gasteiger partial charge on any atom is 0.138 e. The van der Waals surface area contributed by atoms with Crippen LogP contribution in [0.25, 0.3) is 0 Å². The van der Waals surface area contributed by atoms with E-state index in [4.69, 9.17) is 0 Å². The van der Waals surface area contributed by atoms with Crippen LogP contribution in [0.4, 0.5) is 0 Å². The summed E-state index contributed by atoms with van der Waals surface area (Å²) in [6, 6.07) is 0. The molecule has 6 atom stereocenters. The minimum absolute atomic E-state index is 0.182. The molecule has 0 heterocycles. The third-order valence-corrected chi connectivity index (χ3v) is 11.4. The van der Waals surface area contributed by atoms with E-state index in [1.807, 2.05) is 0 Å². The second kappa shape index (κ2) is 7.67. The van der Waals surface area contributed by atoms with E-state index in [1.54, 1.807) is 0 Å². The topological polar surface area (TPSA) is 34.1 Å². The number of hydrogen-bond acceptors (Lipinski definition) is 2. The van der Waals surface area contributed by atoms with E-state index in [-0.39, 0.29) is 21.7 Å². The van der Waals surface area contributed by atoms with Crippen LogP contribution in [0, 0.1) is 45.3 Å². The minimum atomic E-state index is -0.221. The van der Waals surface area contributed by atoms with Gasteiger partial charge in [0.25, 0.3) is 0 Å². The van der Waals surface area contributed by atoms with Gasteiger partial charge in [0.2, 0.25) is 0 Å². The Morgan fingerprint density at radius 2 is 1.31 bits per heavy atom. The summed E-state index contributed by atoms with van der Waals surface area (Å²) in [5.41, 5.74) is 2.91. The number of fused-ring (bicyclic) bond motifs is 2. The summed E-state index contributed by atoms with van der Waals surface area (Å²) in [6.07, 6.45) is 11.5. The van der Waals surface area contributed by atoms with Crippen molar-refractivity contribution >= 4 is 11.6 Å². The molecule has 32 heavy (non-hydrogen) atoms. The minimum Gasteiger partial charge on any atom is -0.299 e. The molecule has 0 bridgehead atoms. The fraction of sp³-hybridized carbons (Fsp3) is 0.800. The van der Waals surface area contributed by atoms with Crippen LogP contribution in [0.3, 0.4) is 0 Å². The van der Waals surface area contributed by atoms with Crippen molar-refractivity contribution in [2.75, 3.05) is 0 Å². The molecule has 4 aliphatic rings. The van der Waals surface area contributed by atoms with E-state index in [2.05, 4.69) is 61.1 Å². The number of rotatable bonds is 3. The first-order valence-corrected chi connectivity index (χ1v) is 13.2.